The number of thiocarbonyl (C=S) groups is 1. The summed E-state index contributed by atoms with van der Waals surface area (Å²) in [5.41, 5.74) is 3.26. The van der Waals surface area contributed by atoms with Crippen LogP contribution in [0.2, 0.25) is 0 Å². The highest BCUT2D eigenvalue weighted by Gasteiger charge is 2.14. The highest BCUT2D eigenvalue weighted by atomic mass is 32.1. The SMILES string of the molecule is CCCCOc1ccc(C(=O)NC(=S)Nc2cc(-c3nc4ccccc4o3)ccc2OC)cc1. The second kappa shape index (κ2) is 10.8. The maximum atomic E-state index is 12.6. The normalized spacial score (nSPS) is 10.6. The van der Waals surface area contributed by atoms with Crippen LogP contribution in [-0.4, -0.2) is 29.7 Å². The third-order valence-corrected chi connectivity index (χ3v) is 5.30. The van der Waals surface area contributed by atoms with Gasteiger partial charge in [-0.15, -0.1) is 0 Å². The van der Waals surface area contributed by atoms with Crippen LogP contribution >= 0.6 is 12.2 Å². The fraction of sp³-hybridized carbons (Fsp3) is 0.192. The smallest absolute Gasteiger partial charge is 0.257 e. The van der Waals surface area contributed by atoms with Gasteiger partial charge in [-0.05, 0) is 73.2 Å². The third kappa shape index (κ3) is 5.52. The van der Waals surface area contributed by atoms with E-state index in [9.17, 15) is 4.79 Å². The number of oxazole rings is 1. The van der Waals surface area contributed by atoms with E-state index in [1.54, 1.807) is 37.4 Å². The van der Waals surface area contributed by atoms with Crippen molar-refractivity contribution in [3.8, 4) is 23.0 Å². The van der Waals surface area contributed by atoms with Gasteiger partial charge in [0.15, 0.2) is 10.7 Å². The Labute approximate surface area is 203 Å². The molecule has 0 atom stereocenters. The number of carbonyl (C=O) groups is 1. The Morgan fingerprint density at radius 3 is 2.62 bits per heavy atom. The number of hydrogen-bond donors (Lipinski definition) is 2. The summed E-state index contributed by atoms with van der Waals surface area (Å²) >= 11 is 5.37. The number of hydrogen-bond acceptors (Lipinski definition) is 6. The van der Waals surface area contributed by atoms with Crippen LogP contribution in [0.1, 0.15) is 30.1 Å². The first kappa shape index (κ1) is 23.3. The molecule has 4 aromatic rings. The number of carbonyl (C=O) groups excluding carboxylic acids is 1. The molecule has 2 N–H and O–H groups in total. The molecule has 4 rings (SSSR count). The molecule has 0 unspecified atom stereocenters. The van der Waals surface area contributed by atoms with Gasteiger partial charge in [0.25, 0.3) is 5.91 Å². The monoisotopic (exact) mass is 475 g/mol. The molecule has 8 heteroatoms. The van der Waals surface area contributed by atoms with Crippen LogP contribution in [0.4, 0.5) is 5.69 Å². The van der Waals surface area contributed by atoms with Crippen molar-refractivity contribution in [1.29, 1.82) is 0 Å². The third-order valence-electron chi connectivity index (χ3n) is 5.10. The molecule has 0 bridgehead atoms. The number of anilines is 1. The largest absolute Gasteiger partial charge is 0.495 e. The van der Waals surface area contributed by atoms with Crippen molar-refractivity contribution in [2.24, 2.45) is 0 Å². The molecule has 0 saturated heterocycles. The summed E-state index contributed by atoms with van der Waals surface area (Å²) in [6.07, 6.45) is 2.05. The van der Waals surface area contributed by atoms with E-state index in [1.807, 2.05) is 36.4 Å². The van der Waals surface area contributed by atoms with Crippen LogP contribution in [0, 0.1) is 0 Å². The minimum atomic E-state index is -0.327. The predicted molar refractivity (Wildman–Crippen MR) is 137 cm³/mol. The van der Waals surface area contributed by atoms with Crippen LogP contribution in [0.3, 0.4) is 0 Å². The van der Waals surface area contributed by atoms with Crippen molar-refractivity contribution in [2.75, 3.05) is 19.0 Å². The van der Waals surface area contributed by atoms with Crippen molar-refractivity contribution >= 4 is 40.0 Å². The van der Waals surface area contributed by atoms with Gasteiger partial charge < -0.3 is 19.2 Å². The number of amides is 1. The lowest BCUT2D eigenvalue weighted by molar-refractivity contribution is 0.0977. The van der Waals surface area contributed by atoms with E-state index in [0.29, 0.717) is 35.1 Å². The van der Waals surface area contributed by atoms with Crippen molar-refractivity contribution < 1.29 is 18.7 Å². The van der Waals surface area contributed by atoms with E-state index in [2.05, 4.69) is 22.5 Å². The second-order valence-corrected chi connectivity index (χ2v) is 7.94. The summed E-state index contributed by atoms with van der Waals surface area (Å²) in [4.78, 5) is 17.2. The lowest BCUT2D eigenvalue weighted by Crippen LogP contribution is -2.34. The molecule has 7 nitrogen and oxygen atoms in total. The van der Waals surface area contributed by atoms with E-state index < -0.39 is 0 Å². The van der Waals surface area contributed by atoms with Crippen LogP contribution in [0.25, 0.3) is 22.6 Å². The average molecular weight is 476 g/mol. The summed E-state index contributed by atoms with van der Waals surface area (Å²) in [5.74, 6) is 1.44. The maximum absolute atomic E-state index is 12.6. The van der Waals surface area contributed by atoms with E-state index in [-0.39, 0.29) is 11.0 Å². The average Bonchev–Trinajstić information content (AvgIpc) is 3.29. The Hall–Kier alpha value is -3.91. The maximum Gasteiger partial charge on any atom is 0.257 e. The molecule has 0 fully saturated rings. The van der Waals surface area contributed by atoms with Crippen LogP contribution in [0.15, 0.2) is 71.1 Å². The molecule has 0 aliphatic rings. The summed E-state index contributed by atoms with van der Waals surface area (Å²) in [5, 5.41) is 5.87. The Morgan fingerprint density at radius 1 is 1.09 bits per heavy atom. The van der Waals surface area contributed by atoms with Crippen LogP contribution in [0.5, 0.6) is 11.5 Å². The second-order valence-electron chi connectivity index (χ2n) is 7.54. The van der Waals surface area contributed by atoms with Gasteiger partial charge in [0.05, 0.1) is 19.4 Å². The molecule has 1 amide bonds. The van der Waals surface area contributed by atoms with Gasteiger partial charge in [0.2, 0.25) is 5.89 Å². The first-order valence-electron chi connectivity index (χ1n) is 11.0. The fourth-order valence-electron chi connectivity index (χ4n) is 3.30. The number of unbranched alkanes of at least 4 members (excludes halogenated alkanes) is 1. The number of ether oxygens (including phenoxy) is 2. The van der Waals surface area contributed by atoms with E-state index in [1.165, 1.54) is 0 Å². The first-order valence-corrected chi connectivity index (χ1v) is 11.4. The Kier molecular flexibility index (Phi) is 7.39. The quantitative estimate of drug-likeness (QED) is 0.246. The van der Waals surface area contributed by atoms with Gasteiger partial charge in [0, 0.05) is 11.1 Å². The fourth-order valence-corrected chi connectivity index (χ4v) is 3.50. The van der Waals surface area contributed by atoms with E-state index in [4.69, 9.17) is 26.1 Å². The Morgan fingerprint density at radius 2 is 1.88 bits per heavy atom. The van der Waals surface area contributed by atoms with Crippen molar-refractivity contribution in [2.45, 2.75) is 19.8 Å². The summed E-state index contributed by atoms with van der Waals surface area (Å²) in [6, 6.07) is 19.9. The van der Waals surface area contributed by atoms with Gasteiger partial charge in [-0.1, -0.05) is 25.5 Å². The molecule has 0 saturated carbocycles. The van der Waals surface area contributed by atoms with Crippen molar-refractivity contribution in [1.82, 2.24) is 10.3 Å². The predicted octanol–water partition coefficient (Wildman–Crippen LogP) is 5.81. The van der Waals surface area contributed by atoms with Gasteiger partial charge in [-0.3, -0.25) is 10.1 Å². The number of methoxy groups -OCH3 is 1. The molecule has 0 aliphatic carbocycles. The zero-order valence-corrected chi connectivity index (χ0v) is 19.8. The molecule has 174 valence electrons. The number of fused-ring (bicyclic) bond motifs is 1. The topological polar surface area (TPSA) is 85.6 Å². The lowest BCUT2D eigenvalue weighted by Gasteiger charge is -2.14. The molecular weight excluding hydrogens is 450 g/mol. The van der Waals surface area contributed by atoms with E-state index in [0.717, 1.165) is 29.7 Å². The zero-order valence-electron chi connectivity index (χ0n) is 19.0. The van der Waals surface area contributed by atoms with E-state index >= 15 is 0 Å². The molecular formula is C26H25N3O4S. The summed E-state index contributed by atoms with van der Waals surface area (Å²) in [7, 11) is 1.56. The molecule has 0 spiro atoms. The minimum Gasteiger partial charge on any atom is -0.495 e. The zero-order chi connectivity index (χ0) is 23.9. The molecule has 1 aromatic heterocycles. The summed E-state index contributed by atoms with van der Waals surface area (Å²) in [6.45, 7) is 2.76. The molecule has 0 aliphatic heterocycles. The number of aromatic nitrogens is 1. The molecule has 1 heterocycles. The van der Waals surface area contributed by atoms with Gasteiger partial charge in [-0.25, -0.2) is 4.98 Å². The highest BCUT2D eigenvalue weighted by Crippen LogP contribution is 2.31. The number of para-hydroxylation sites is 2. The van der Waals surface area contributed by atoms with Crippen LogP contribution < -0.4 is 20.1 Å². The molecule has 34 heavy (non-hydrogen) atoms. The number of nitrogens with one attached hydrogen (secondary N) is 2. The summed E-state index contributed by atoms with van der Waals surface area (Å²) < 4.78 is 16.9. The van der Waals surface area contributed by atoms with Crippen molar-refractivity contribution in [3.05, 3.63) is 72.3 Å². The first-order chi connectivity index (χ1) is 16.6. The Balaban J connectivity index is 1.44. The van der Waals surface area contributed by atoms with Crippen LogP contribution in [-0.2, 0) is 0 Å². The molecule has 0 radical (unpaired) electrons. The minimum absolute atomic E-state index is 0.140. The van der Waals surface area contributed by atoms with Gasteiger partial charge in [-0.2, -0.15) is 0 Å². The van der Waals surface area contributed by atoms with Gasteiger partial charge >= 0.3 is 0 Å². The molecule has 3 aromatic carbocycles. The highest BCUT2D eigenvalue weighted by molar-refractivity contribution is 7.80. The number of nitrogens with zero attached hydrogens (tertiary/aromatic N) is 1. The number of benzene rings is 3. The lowest BCUT2D eigenvalue weighted by atomic mass is 10.2. The van der Waals surface area contributed by atoms with Crippen molar-refractivity contribution in [3.63, 3.8) is 0 Å². The van der Waals surface area contributed by atoms with Gasteiger partial charge in [0.1, 0.15) is 17.0 Å². The number of rotatable bonds is 8. The standard InChI is InChI=1S/C26H25N3O4S/c1-3-4-15-32-19-12-9-17(10-13-19)24(30)29-26(34)28-21-16-18(11-14-22(21)31-2)25-27-20-7-5-6-8-23(20)33-25/h5-14,16H,3-4,15H2,1-2H3,(H2,28,29,30,34). The Bertz CT molecular complexity index is 1270.